The Labute approximate surface area is 132 Å². The van der Waals surface area contributed by atoms with Crippen molar-refractivity contribution >= 4 is 5.97 Å². The van der Waals surface area contributed by atoms with Gasteiger partial charge in [0.25, 0.3) is 0 Å². The molecule has 1 saturated carbocycles. The van der Waals surface area contributed by atoms with Crippen molar-refractivity contribution in [3.05, 3.63) is 35.4 Å². The molecule has 1 aromatic rings. The molecule has 4 heteroatoms. The number of nitrogens with one attached hydrogen (secondary N) is 1. The highest BCUT2D eigenvalue weighted by Crippen LogP contribution is 2.48. The first-order valence-corrected chi connectivity index (χ1v) is 8.24. The van der Waals surface area contributed by atoms with Crippen LogP contribution in [0.15, 0.2) is 24.3 Å². The first-order valence-electron chi connectivity index (χ1n) is 8.24. The molecule has 1 aliphatic carbocycles. The fraction of sp³-hybridized carbons (Fsp3) is 0.611. The summed E-state index contributed by atoms with van der Waals surface area (Å²) in [6.45, 7) is 8.08. The molecule has 1 aliphatic rings. The predicted molar refractivity (Wildman–Crippen MR) is 87.1 cm³/mol. The van der Waals surface area contributed by atoms with Crippen LogP contribution in [0.3, 0.4) is 0 Å². The minimum atomic E-state index is -0.881. The molecule has 0 amide bonds. The Hall–Kier alpha value is -1.39. The molecule has 0 bridgehead atoms. The Morgan fingerprint density at radius 1 is 1.27 bits per heavy atom. The summed E-state index contributed by atoms with van der Waals surface area (Å²) in [5.74, 6) is -0.881. The first kappa shape index (κ1) is 17.0. The van der Waals surface area contributed by atoms with Crippen LogP contribution in [0, 0.1) is 5.41 Å². The number of hydrogen-bond acceptors (Lipinski definition) is 3. The molecule has 2 atom stereocenters. The largest absolute Gasteiger partial charge is 0.478 e. The highest BCUT2D eigenvalue weighted by molar-refractivity contribution is 5.87. The lowest BCUT2D eigenvalue weighted by Gasteiger charge is -2.55. The molecule has 0 radical (unpaired) electrons. The van der Waals surface area contributed by atoms with Gasteiger partial charge in [-0.1, -0.05) is 26.0 Å². The maximum absolute atomic E-state index is 10.9. The predicted octanol–water partition coefficient (Wildman–Crippen LogP) is 3.46. The molecule has 0 aromatic heterocycles. The average molecular weight is 305 g/mol. The van der Waals surface area contributed by atoms with Crippen LogP contribution in [0.4, 0.5) is 0 Å². The second-order valence-corrected chi connectivity index (χ2v) is 6.06. The van der Waals surface area contributed by atoms with Gasteiger partial charge in [0.2, 0.25) is 0 Å². The van der Waals surface area contributed by atoms with Gasteiger partial charge in [-0.3, -0.25) is 0 Å². The Bertz CT molecular complexity index is 494. The molecule has 4 nitrogen and oxygen atoms in total. The first-order chi connectivity index (χ1) is 10.6. The van der Waals surface area contributed by atoms with Crippen LogP contribution in [0.25, 0.3) is 0 Å². The lowest BCUT2D eigenvalue weighted by Crippen LogP contribution is -2.63. The number of ether oxygens (including phenoxy) is 1. The number of aromatic carboxylic acids is 1. The second-order valence-electron chi connectivity index (χ2n) is 6.06. The van der Waals surface area contributed by atoms with Crippen molar-refractivity contribution in [1.29, 1.82) is 0 Å². The van der Waals surface area contributed by atoms with Crippen molar-refractivity contribution in [3.63, 3.8) is 0 Å². The van der Waals surface area contributed by atoms with Crippen LogP contribution < -0.4 is 5.32 Å². The molecule has 122 valence electrons. The SMILES string of the molecule is CCOC1CC(NCc2ccc(C(=O)O)cc2)C1(CC)CC. The normalized spacial score (nSPS) is 23.0. The van der Waals surface area contributed by atoms with Gasteiger partial charge in [0.05, 0.1) is 11.7 Å². The van der Waals surface area contributed by atoms with E-state index < -0.39 is 5.97 Å². The zero-order chi connectivity index (χ0) is 16.2. The number of carboxylic acid groups (broad SMARTS) is 1. The van der Waals surface area contributed by atoms with E-state index in [9.17, 15) is 4.79 Å². The number of carboxylic acids is 1. The van der Waals surface area contributed by atoms with Crippen molar-refractivity contribution < 1.29 is 14.6 Å². The summed E-state index contributed by atoms with van der Waals surface area (Å²) in [4.78, 5) is 10.9. The molecule has 2 rings (SSSR count). The third-order valence-electron chi connectivity index (χ3n) is 5.22. The molecule has 0 saturated heterocycles. The minimum absolute atomic E-state index is 0.233. The van der Waals surface area contributed by atoms with E-state index in [1.165, 1.54) is 0 Å². The van der Waals surface area contributed by atoms with Crippen LogP contribution in [0.1, 0.15) is 56.0 Å². The van der Waals surface area contributed by atoms with Gasteiger partial charge in [-0.25, -0.2) is 4.79 Å². The topological polar surface area (TPSA) is 58.6 Å². The number of rotatable bonds is 8. The van der Waals surface area contributed by atoms with Crippen LogP contribution in [0.2, 0.25) is 0 Å². The lowest BCUT2D eigenvalue weighted by atomic mass is 9.58. The fourth-order valence-corrected chi connectivity index (χ4v) is 3.67. The number of carbonyl (C=O) groups is 1. The quantitative estimate of drug-likeness (QED) is 0.772. The maximum Gasteiger partial charge on any atom is 0.335 e. The molecule has 1 aromatic carbocycles. The molecule has 2 N–H and O–H groups in total. The van der Waals surface area contributed by atoms with E-state index in [4.69, 9.17) is 9.84 Å². The van der Waals surface area contributed by atoms with E-state index in [2.05, 4.69) is 26.1 Å². The van der Waals surface area contributed by atoms with Crippen molar-refractivity contribution in [2.45, 2.75) is 58.7 Å². The van der Waals surface area contributed by atoms with Crippen molar-refractivity contribution in [3.8, 4) is 0 Å². The summed E-state index contributed by atoms with van der Waals surface area (Å²) in [7, 11) is 0. The molecular weight excluding hydrogens is 278 g/mol. The summed E-state index contributed by atoms with van der Waals surface area (Å²) in [5.41, 5.74) is 1.68. The minimum Gasteiger partial charge on any atom is -0.478 e. The zero-order valence-corrected chi connectivity index (χ0v) is 13.8. The van der Waals surface area contributed by atoms with E-state index in [1.807, 2.05) is 12.1 Å². The van der Waals surface area contributed by atoms with E-state index in [0.29, 0.717) is 17.7 Å². The van der Waals surface area contributed by atoms with Crippen molar-refractivity contribution in [2.24, 2.45) is 5.41 Å². The van der Waals surface area contributed by atoms with E-state index in [-0.39, 0.29) is 5.41 Å². The highest BCUT2D eigenvalue weighted by atomic mass is 16.5. The van der Waals surface area contributed by atoms with E-state index in [0.717, 1.165) is 38.0 Å². The monoisotopic (exact) mass is 305 g/mol. The fourth-order valence-electron chi connectivity index (χ4n) is 3.67. The van der Waals surface area contributed by atoms with Gasteiger partial charge in [0.15, 0.2) is 0 Å². The summed E-state index contributed by atoms with van der Waals surface area (Å²) < 4.78 is 5.89. The van der Waals surface area contributed by atoms with Gasteiger partial charge >= 0.3 is 5.97 Å². The Morgan fingerprint density at radius 3 is 2.41 bits per heavy atom. The van der Waals surface area contributed by atoms with Gasteiger partial charge in [0.1, 0.15) is 0 Å². The van der Waals surface area contributed by atoms with Crippen LogP contribution in [-0.2, 0) is 11.3 Å². The van der Waals surface area contributed by atoms with Gasteiger partial charge in [0, 0.05) is 24.6 Å². The molecule has 0 heterocycles. The van der Waals surface area contributed by atoms with E-state index >= 15 is 0 Å². The molecule has 2 unspecified atom stereocenters. The van der Waals surface area contributed by atoms with Crippen LogP contribution >= 0.6 is 0 Å². The Morgan fingerprint density at radius 2 is 1.91 bits per heavy atom. The average Bonchev–Trinajstić information content (AvgIpc) is 2.52. The smallest absolute Gasteiger partial charge is 0.335 e. The van der Waals surface area contributed by atoms with Crippen LogP contribution in [0.5, 0.6) is 0 Å². The number of benzene rings is 1. The van der Waals surface area contributed by atoms with Gasteiger partial charge in [-0.2, -0.15) is 0 Å². The summed E-state index contributed by atoms with van der Waals surface area (Å²) >= 11 is 0. The Balaban J connectivity index is 1.95. The summed E-state index contributed by atoms with van der Waals surface area (Å²) in [6.07, 6.45) is 3.65. The third-order valence-corrected chi connectivity index (χ3v) is 5.22. The molecule has 0 aliphatic heterocycles. The van der Waals surface area contributed by atoms with Gasteiger partial charge in [-0.15, -0.1) is 0 Å². The van der Waals surface area contributed by atoms with E-state index in [1.54, 1.807) is 12.1 Å². The highest BCUT2D eigenvalue weighted by Gasteiger charge is 2.52. The molecular formula is C18H27NO3. The standard InChI is InChI=1S/C18H27NO3/c1-4-18(5-2)15(11-16(18)22-6-3)19-12-13-7-9-14(10-8-13)17(20)21/h7-10,15-16,19H,4-6,11-12H2,1-3H3,(H,20,21). The molecule has 1 fully saturated rings. The lowest BCUT2D eigenvalue weighted by molar-refractivity contribution is -0.138. The van der Waals surface area contributed by atoms with Gasteiger partial charge in [-0.05, 0) is 43.9 Å². The van der Waals surface area contributed by atoms with Crippen molar-refractivity contribution in [1.82, 2.24) is 5.32 Å². The van der Waals surface area contributed by atoms with Gasteiger partial charge < -0.3 is 15.2 Å². The molecule has 22 heavy (non-hydrogen) atoms. The second kappa shape index (κ2) is 7.25. The summed E-state index contributed by atoms with van der Waals surface area (Å²) in [6, 6.07) is 7.56. The summed E-state index contributed by atoms with van der Waals surface area (Å²) in [5, 5.41) is 12.6. The van der Waals surface area contributed by atoms with Crippen LogP contribution in [-0.4, -0.2) is 29.8 Å². The zero-order valence-electron chi connectivity index (χ0n) is 13.8. The third kappa shape index (κ3) is 3.18. The van der Waals surface area contributed by atoms with Crippen molar-refractivity contribution in [2.75, 3.05) is 6.61 Å². The number of hydrogen-bond donors (Lipinski definition) is 2. The molecule has 0 spiro atoms. The maximum atomic E-state index is 10.9. The Kier molecular flexibility index (Phi) is 5.59.